The predicted molar refractivity (Wildman–Crippen MR) is 336 cm³/mol. The fourth-order valence-corrected chi connectivity index (χ4v) is 7.11. The van der Waals surface area contributed by atoms with E-state index in [0.717, 1.165) is 101 Å². The van der Waals surface area contributed by atoms with Crippen molar-refractivity contribution in [3.8, 4) is 17.1 Å². The third kappa shape index (κ3) is 24.7. The maximum atomic E-state index is 10.6. The smallest absolute Gasteiger partial charge is 0.280 e. The van der Waals surface area contributed by atoms with Crippen LogP contribution < -0.4 is 10.3 Å². The highest BCUT2D eigenvalue weighted by Gasteiger charge is 2.30. The maximum Gasteiger partial charge on any atom is 0.280 e. The van der Waals surface area contributed by atoms with Crippen molar-refractivity contribution in [3.05, 3.63) is 145 Å². The van der Waals surface area contributed by atoms with Gasteiger partial charge in [-0.3, -0.25) is 4.79 Å². The van der Waals surface area contributed by atoms with Crippen LogP contribution in [0.1, 0.15) is 261 Å². The first kappa shape index (κ1) is 71.8. The van der Waals surface area contributed by atoms with Crippen molar-refractivity contribution in [3.63, 3.8) is 0 Å². The molecular weight excluding hydrogens is 1080 g/mol. The molecule has 8 aromatic rings. The SMILES string of the molecule is CC(C)(C)c1cc(-c2ccccc2Cl)no1.CC(C)(C)c1cc(=O)[nH]o1.CC(C)(C)c1cc(C2CC2)on1.CCCc1cc(C(C)(C)C)no1.CCCc1cc(C(C)(C)C)no1.CCc1cc(C(C)(C)C)on1.COc1cc(C(C)(C)C)on1. The molecule has 0 amide bonds. The number of aromatic nitrogens is 7. The molecule has 0 spiro atoms. The lowest BCUT2D eigenvalue weighted by atomic mass is 9.92. The van der Waals surface area contributed by atoms with Gasteiger partial charge in [0.05, 0.1) is 34.9 Å². The molecule has 1 N–H and O–H groups in total. The summed E-state index contributed by atoms with van der Waals surface area (Å²) >= 11 is 6.10. The van der Waals surface area contributed by atoms with Crippen LogP contribution in [-0.2, 0) is 57.2 Å². The van der Waals surface area contributed by atoms with Crippen LogP contribution in [-0.4, -0.2) is 43.2 Å². The number of hydrogen-bond acceptors (Lipinski definition) is 15. The molecule has 0 saturated heterocycles. The zero-order valence-corrected chi connectivity index (χ0v) is 56.4. The Morgan fingerprint density at radius 1 is 0.500 bits per heavy atom. The number of aryl methyl sites for hydroxylation is 3. The summed E-state index contributed by atoms with van der Waals surface area (Å²) in [6.45, 7) is 50.4. The van der Waals surface area contributed by atoms with Crippen molar-refractivity contribution in [2.24, 2.45) is 0 Å². The lowest BCUT2D eigenvalue weighted by Gasteiger charge is -2.12. The largest absolute Gasteiger partial charge is 0.479 e. The fraction of sp³-hybridized carbons (Fsp3) is 0.597. The molecule has 17 heteroatoms. The van der Waals surface area contributed by atoms with Crippen LogP contribution in [0.3, 0.4) is 0 Å². The van der Waals surface area contributed by atoms with Gasteiger partial charge in [0.2, 0.25) is 0 Å². The first-order valence-corrected chi connectivity index (χ1v) is 29.9. The molecule has 1 saturated carbocycles. The summed E-state index contributed by atoms with van der Waals surface area (Å²) in [5.41, 5.74) is 6.03. The van der Waals surface area contributed by atoms with Gasteiger partial charge in [0.1, 0.15) is 46.0 Å². The van der Waals surface area contributed by atoms with Gasteiger partial charge in [-0.1, -0.05) is 222 Å². The molecule has 84 heavy (non-hydrogen) atoms. The fourth-order valence-electron chi connectivity index (χ4n) is 6.88. The second-order valence-electron chi connectivity index (χ2n) is 28.4. The van der Waals surface area contributed by atoms with Gasteiger partial charge in [0.15, 0.2) is 0 Å². The summed E-state index contributed by atoms with van der Waals surface area (Å²) < 4.78 is 40.9. The van der Waals surface area contributed by atoms with E-state index in [0.29, 0.717) is 22.6 Å². The van der Waals surface area contributed by atoms with Crippen LogP contribution in [0.25, 0.3) is 11.3 Å². The number of benzene rings is 1. The maximum absolute atomic E-state index is 10.6. The Bertz CT molecular complexity index is 3070. The highest BCUT2D eigenvalue weighted by Crippen LogP contribution is 2.41. The van der Waals surface area contributed by atoms with E-state index in [1.807, 2.05) is 57.2 Å². The van der Waals surface area contributed by atoms with Gasteiger partial charge in [-0.15, -0.1) is 0 Å². The molecule has 0 radical (unpaired) electrons. The lowest BCUT2D eigenvalue weighted by Crippen LogP contribution is -2.10. The van der Waals surface area contributed by atoms with E-state index < -0.39 is 0 Å². The van der Waals surface area contributed by atoms with Crippen molar-refractivity contribution in [1.82, 2.24) is 36.1 Å². The predicted octanol–water partition coefficient (Wildman–Crippen LogP) is 18.8. The summed E-state index contributed by atoms with van der Waals surface area (Å²) in [6.07, 6.45) is 7.70. The van der Waals surface area contributed by atoms with Crippen molar-refractivity contribution < 1.29 is 36.4 Å². The second kappa shape index (κ2) is 30.6. The molecule has 1 aromatic carbocycles. The third-order valence-corrected chi connectivity index (χ3v) is 13.0. The Morgan fingerprint density at radius 2 is 0.940 bits per heavy atom. The zero-order valence-electron chi connectivity index (χ0n) is 55.6. The van der Waals surface area contributed by atoms with Crippen LogP contribution in [0, 0.1) is 0 Å². The summed E-state index contributed by atoms with van der Waals surface area (Å²) in [6, 6.07) is 21.1. The van der Waals surface area contributed by atoms with Crippen LogP contribution >= 0.6 is 11.6 Å². The summed E-state index contributed by atoms with van der Waals surface area (Å²) in [5, 5.41) is 26.8. The monoisotopic (exact) mass is 1180 g/mol. The van der Waals surface area contributed by atoms with Gasteiger partial charge in [0, 0.05) is 105 Å². The molecule has 7 heterocycles. The quantitative estimate of drug-likeness (QED) is 0.150. The Labute approximate surface area is 506 Å². The first-order chi connectivity index (χ1) is 38.7. The molecule has 1 aliphatic rings. The van der Waals surface area contributed by atoms with Gasteiger partial charge in [-0.25, -0.2) is 0 Å². The normalized spacial score (nSPS) is 12.8. The highest BCUT2D eigenvalue weighted by atomic mass is 35.5. The number of nitrogens with one attached hydrogen (secondary N) is 1. The van der Waals surface area contributed by atoms with Crippen LogP contribution in [0.15, 0.2) is 103 Å². The summed E-state index contributed by atoms with van der Waals surface area (Å²) in [4.78, 5) is 10.6. The molecule has 16 nitrogen and oxygen atoms in total. The zero-order chi connectivity index (χ0) is 63.6. The van der Waals surface area contributed by atoms with Gasteiger partial charge in [-0.2, -0.15) is 5.16 Å². The second-order valence-corrected chi connectivity index (χ2v) is 28.8. The molecule has 9 rings (SSSR count). The van der Waals surface area contributed by atoms with Crippen LogP contribution in [0.4, 0.5) is 0 Å². The Hall–Kier alpha value is -6.42. The molecule has 0 aliphatic heterocycles. The minimum atomic E-state index is -0.176. The van der Waals surface area contributed by atoms with E-state index in [1.54, 1.807) is 13.2 Å². The topological polar surface area (TPSA) is 211 Å². The van der Waals surface area contributed by atoms with E-state index in [-0.39, 0.29) is 43.5 Å². The molecule has 7 aromatic heterocycles. The number of rotatable bonds is 8. The molecule has 0 atom stereocenters. The van der Waals surface area contributed by atoms with Gasteiger partial charge < -0.3 is 36.4 Å². The van der Waals surface area contributed by atoms with Crippen molar-refractivity contribution in [2.75, 3.05) is 7.11 Å². The highest BCUT2D eigenvalue weighted by molar-refractivity contribution is 6.33. The number of H-pyrrole nitrogens is 1. The van der Waals surface area contributed by atoms with Crippen molar-refractivity contribution >= 4 is 11.6 Å². The average Bonchev–Trinajstić information content (AvgIpc) is 4.21. The van der Waals surface area contributed by atoms with Crippen LogP contribution in [0.5, 0.6) is 5.88 Å². The minimum absolute atomic E-state index is 0.00375. The number of nitrogens with zero attached hydrogens (tertiary/aromatic N) is 6. The standard InChI is InChI=1S/C13H14ClNO.C10H15NO.2C10H17NO.C9H15NO.C8H13NO2.C7H11NO2/c1-13(2,3)12-8-11(15-16-12)9-6-4-5-7-10(9)14;1-10(2,3)9-6-8(12-11-9)7-4-5-7;2*1-5-6-8-7-9(11-12-8)10(2,3)4;1-5-7-6-8(11-10-7)9(2,3)4;1-8(2,3)6-5-7(10-4)9-11-6;1-7(2,3)5-4-6(9)8-10-5/h4-8H,1-3H3;6-7H,4-5H2,1-3H3;2*7H,5-6H2,1-4H3;6H,5H2,1-4H3;5H,1-4H3;4H,1-3H3,(H,8,9). The number of ether oxygens (including phenoxy) is 1. The van der Waals surface area contributed by atoms with E-state index in [2.05, 4.69) is 200 Å². The van der Waals surface area contributed by atoms with Gasteiger partial charge >= 0.3 is 0 Å². The van der Waals surface area contributed by atoms with E-state index in [1.165, 1.54) is 18.9 Å². The molecule has 1 aliphatic carbocycles. The van der Waals surface area contributed by atoms with Crippen LogP contribution in [0.2, 0.25) is 5.02 Å². The number of hydrogen-bond donors (Lipinski definition) is 1. The molecule has 0 bridgehead atoms. The Balaban J connectivity index is 0.000000258. The minimum Gasteiger partial charge on any atom is -0.479 e. The van der Waals surface area contributed by atoms with Crippen molar-refractivity contribution in [2.45, 2.75) is 255 Å². The van der Waals surface area contributed by atoms with E-state index in [9.17, 15) is 4.79 Å². The number of halogens is 1. The Kier molecular flexibility index (Phi) is 26.2. The summed E-state index contributed by atoms with van der Waals surface area (Å²) in [5.74, 6) is 7.66. The molecule has 1 fully saturated rings. The number of aromatic amines is 1. The molecular formula is C67H102ClN7O9. The first-order valence-electron chi connectivity index (χ1n) is 29.5. The number of methoxy groups -OCH3 is 1. The van der Waals surface area contributed by atoms with E-state index in [4.69, 9.17) is 48.0 Å². The van der Waals surface area contributed by atoms with Gasteiger partial charge in [0.25, 0.3) is 11.4 Å². The lowest BCUT2D eigenvalue weighted by molar-refractivity contribution is 0.301. The Morgan fingerprint density at radius 3 is 1.26 bits per heavy atom. The van der Waals surface area contributed by atoms with Crippen molar-refractivity contribution in [1.29, 1.82) is 0 Å². The third-order valence-electron chi connectivity index (χ3n) is 12.7. The summed E-state index contributed by atoms with van der Waals surface area (Å²) in [7, 11) is 1.57. The molecule has 466 valence electrons. The van der Waals surface area contributed by atoms with Gasteiger partial charge in [-0.05, 0) is 43.3 Å². The molecule has 0 unspecified atom stereocenters. The average molecular weight is 1190 g/mol. The van der Waals surface area contributed by atoms with E-state index >= 15 is 0 Å².